The first kappa shape index (κ1) is 16.7. The monoisotopic (exact) mass is 369 g/mol. The Morgan fingerprint density at radius 1 is 1.24 bits per heavy atom. The van der Waals surface area contributed by atoms with Crippen molar-refractivity contribution >= 4 is 27.3 Å². The summed E-state index contributed by atoms with van der Waals surface area (Å²) < 4.78 is 14.3. The molecule has 1 atom stereocenters. The molecular formula is C17H21BrFNS. The maximum atomic E-state index is 13.6. The first-order chi connectivity index (χ1) is 9.99. The van der Waals surface area contributed by atoms with Gasteiger partial charge in [0.2, 0.25) is 0 Å². The van der Waals surface area contributed by atoms with Gasteiger partial charge in [-0.25, -0.2) is 4.39 Å². The van der Waals surface area contributed by atoms with Gasteiger partial charge in [-0.1, -0.05) is 22.9 Å². The molecule has 114 valence electrons. The van der Waals surface area contributed by atoms with Crippen molar-refractivity contribution in [3.05, 3.63) is 55.4 Å². The number of hydrogen-bond donors (Lipinski definition) is 1. The van der Waals surface area contributed by atoms with Crippen molar-refractivity contribution in [3.8, 4) is 0 Å². The zero-order chi connectivity index (χ0) is 15.4. The lowest BCUT2D eigenvalue weighted by Gasteiger charge is -2.17. The molecule has 0 radical (unpaired) electrons. The minimum atomic E-state index is -0.188. The lowest BCUT2D eigenvalue weighted by molar-refractivity contribution is 0.534. The Morgan fingerprint density at radius 2 is 2.00 bits per heavy atom. The van der Waals surface area contributed by atoms with E-state index in [1.54, 1.807) is 6.07 Å². The zero-order valence-corrected chi connectivity index (χ0v) is 15.1. The lowest BCUT2D eigenvalue weighted by atomic mass is 10.0. The Morgan fingerprint density at radius 3 is 2.57 bits per heavy atom. The second kappa shape index (κ2) is 7.52. The van der Waals surface area contributed by atoms with E-state index >= 15 is 0 Å². The van der Waals surface area contributed by atoms with Crippen LogP contribution in [0.25, 0.3) is 0 Å². The summed E-state index contributed by atoms with van der Waals surface area (Å²) in [6.07, 6.45) is 1.89. The van der Waals surface area contributed by atoms with Gasteiger partial charge in [-0.05, 0) is 68.6 Å². The Bertz CT molecular complexity index is 569. The predicted molar refractivity (Wildman–Crippen MR) is 92.6 cm³/mol. The highest BCUT2D eigenvalue weighted by molar-refractivity contribution is 9.10. The van der Waals surface area contributed by atoms with Gasteiger partial charge in [0.15, 0.2) is 0 Å². The number of halogens is 2. The molecule has 1 nitrogen and oxygen atoms in total. The van der Waals surface area contributed by atoms with E-state index in [1.807, 2.05) is 17.4 Å². The maximum absolute atomic E-state index is 13.6. The smallest absolute Gasteiger partial charge is 0.124 e. The summed E-state index contributed by atoms with van der Waals surface area (Å²) in [4.78, 5) is 2.69. The summed E-state index contributed by atoms with van der Waals surface area (Å²) in [5.41, 5.74) is 2.35. The minimum Gasteiger partial charge on any atom is -0.309 e. The molecule has 1 unspecified atom stereocenters. The van der Waals surface area contributed by atoms with Crippen molar-refractivity contribution in [1.82, 2.24) is 5.32 Å². The summed E-state index contributed by atoms with van der Waals surface area (Å²) >= 11 is 5.20. The topological polar surface area (TPSA) is 12.0 Å². The molecule has 0 aliphatic carbocycles. The average molecular weight is 370 g/mol. The van der Waals surface area contributed by atoms with Gasteiger partial charge in [0, 0.05) is 20.3 Å². The molecule has 0 bridgehead atoms. The van der Waals surface area contributed by atoms with Crippen LogP contribution < -0.4 is 5.32 Å². The van der Waals surface area contributed by atoms with Gasteiger partial charge in [-0.3, -0.25) is 0 Å². The van der Waals surface area contributed by atoms with Crippen LogP contribution in [0.2, 0.25) is 0 Å². The Labute approximate surface area is 138 Å². The fourth-order valence-electron chi connectivity index (χ4n) is 2.33. The molecule has 0 spiro atoms. The molecule has 0 amide bonds. The molecule has 4 heteroatoms. The largest absolute Gasteiger partial charge is 0.309 e. The third-order valence-electron chi connectivity index (χ3n) is 3.53. The van der Waals surface area contributed by atoms with Crippen LogP contribution in [0, 0.1) is 19.7 Å². The first-order valence-electron chi connectivity index (χ1n) is 7.25. The van der Waals surface area contributed by atoms with Crippen LogP contribution in [0.3, 0.4) is 0 Å². The third-order valence-corrected chi connectivity index (χ3v) is 5.26. The van der Waals surface area contributed by atoms with Crippen molar-refractivity contribution in [2.45, 2.75) is 39.7 Å². The van der Waals surface area contributed by atoms with Crippen LogP contribution in [0.4, 0.5) is 4.39 Å². The quantitative estimate of drug-likeness (QED) is 0.703. The molecule has 0 aliphatic rings. The fraction of sp³-hybridized carbons (Fsp3) is 0.412. The van der Waals surface area contributed by atoms with E-state index in [2.05, 4.69) is 48.1 Å². The molecule has 2 rings (SSSR count). The number of rotatable bonds is 6. The summed E-state index contributed by atoms with van der Waals surface area (Å²) in [5.74, 6) is -0.188. The second-order valence-corrected chi connectivity index (χ2v) is 7.58. The van der Waals surface area contributed by atoms with E-state index in [-0.39, 0.29) is 11.9 Å². The van der Waals surface area contributed by atoms with E-state index < -0.39 is 0 Å². The fourth-order valence-corrected chi connectivity index (χ4v) is 3.96. The lowest BCUT2D eigenvalue weighted by Crippen LogP contribution is -2.23. The second-order valence-electron chi connectivity index (χ2n) is 5.38. The number of nitrogens with one attached hydrogen (secondary N) is 1. The predicted octanol–water partition coefficient (Wildman–Crippen LogP) is 5.55. The van der Waals surface area contributed by atoms with Crippen molar-refractivity contribution in [2.24, 2.45) is 0 Å². The van der Waals surface area contributed by atoms with Crippen molar-refractivity contribution in [1.29, 1.82) is 0 Å². The number of hydrogen-bond acceptors (Lipinski definition) is 2. The Kier molecular flexibility index (Phi) is 5.97. The summed E-state index contributed by atoms with van der Waals surface area (Å²) in [6, 6.07) is 7.62. The molecule has 0 saturated carbocycles. The van der Waals surface area contributed by atoms with Gasteiger partial charge in [0.1, 0.15) is 5.82 Å². The van der Waals surface area contributed by atoms with Gasteiger partial charge in [-0.2, -0.15) is 0 Å². The molecule has 1 heterocycles. The van der Waals surface area contributed by atoms with Gasteiger partial charge in [0.05, 0.1) is 0 Å². The van der Waals surface area contributed by atoms with Gasteiger partial charge in [-0.15, -0.1) is 11.3 Å². The van der Waals surface area contributed by atoms with Gasteiger partial charge in [0.25, 0.3) is 0 Å². The molecule has 21 heavy (non-hydrogen) atoms. The summed E-state index contributed by atoms with van der Waals surface area (Å²) in [6.45, 7) is 7.43. The van der Waals surface area contributed by atoms with Crippen LogP contribution in [-0.2, 0) is 6.42 Å². The molecular weight excluding hydrogens is 349 g/mol. The van der Waals surface area contributed by atoms with E-state index in [0.717, 1.165) is 29.4 Å². The number of thiophene rings is 1. The minimum absolute atomic E-state index is 0.188. The summed E-state index contributed by atoms with van der Waals surface area (Å²) in [5, 5.41) is 3.59. The van der Waals surface area contributed by atoms with Gasteiger partial charge >= 0.3 is 0 Å². The zero-order valence-electron chi connectivity index (χ0n) is 12.7. The highest BCUT2D eigenvalue weighted by atomic mass is 79.9. The van der Waals surface area contributed by atoms with Crippen molar-refractivity contribution < 1.29 is 4.39 Å². The van der Waals surface area contributed by atoms with Crippen LogP contribution in [0.1, 0.15) is 40.3 Å². The molecule has 2 aromatic rings. The number of aryl methyl sites for hydroxylation is 2. The molecule has 0 aliphatic heterocycles. The maximum Gasteiger partial charge on any atom is 0.124 e. The van der Waals surface area contributed by atoms with Crippen LogP contribution in [0.15, 0.2) is 28.7 Å². The Balaban J connectivity index is 2.23. The SMILES string of the molecule is CCCNC(Cc1cc(F)cc(Br)c1)c1cc(C)c(C)s1. The van der Waals surface area contributed by atoms with E-state index in [1.165, 1.54) is 21.4 Å². The van der Waals surface area contributed by atoms with E-state index in [0.29, 0.717) is 0 Å². The highest BCUT2D eigenvalue weighted by Crippen LogP contribution is 2.29. The number of benzene rings is 1. The molecule has 1 N–H and O–H groups in total. The van der Waals surface area contributed by atoms with Crippen molar-refractivity contribution in [3.63, 3.8) is 0 Å². The molecule has 1 aromatic carbocycles. The normalized spacial score (nSPS) is 12.6. The van der Waals surface area contributed by atoms with E-state index in [4.69, 9.17) is 0 Å². The molecule has 0 fully saturated rings. The van der Waals surface area contributed by atoms with E-state index in [9.17, 15) is 4.39 Å². The van der Waals surface area contributed by atoms with Crippen molar-refractivity contribution in [2.75, 3.05) is 6.54 Å². The van der Waals surface area contributed by atoms with Crippen LogP contribution >= 0.6 is 27.3 Å². The summed E-state index contributed by atoms with van der Waals surface area (Å²) in [7, 11) is 0. The average Bonchev–Trinajstić information content (AvgIpc) is 2.73. The van der Waals surface area contributed by atoms with Gasteiger partial charge < -0.3 is 5.32 Å². The highest BCUT2D eigenvalue weighted by Gasteiger charge is 2.15. The standard InChI is InChI=1S/C17H21BrFNS/c1-4-5-20-16(17-6-11(2)12(3)21-17)9-13-7-14(18)10-15(19)8-13/h6-8,10,16,20H,4-5,9H2,1-3H3. The van der Waals surface area contributed by atoms with Crippen LogP contribution in [0.5, 0.6) is 0 Å². The third kappa shape index (κ3) is 4.63. The Hall–Kier alpha value is -0.710. The molecule has 0 saturated heterocycles. The first-order valence-corrected chi connectivity index (χ1v) is 8.85. The van der Waals surface area contributed by atoms with Crippen LogP contribution in [-0.4, -0.2) is 6.54 Å². The molecule has 1 aromatic heterocycles.